The second kappa shape index (κ2) is 10.3. The van der Waals surface area contributed by atoms with E-state index in [1.54, 1.807) is 13.1 Å². The summed E-state index contributed by atoms with van der Waals surface area (Å²) in [5.41, 5.74) is 7.52. The molecule has 176 valence electrons. The highest BCUT2D eigenvalue weighted by Gasteiger charge is 2.37. The van der Waals surface area contributed by atoms with Crippen LogP contribution in [0.4, 0.5) is 5.82 Å². The molecule has 31 heavy (non-hydrogen) atoms. The Morgan fingerprint density at radius 1 is 1.29 bits per heavy atom. The summed E-state index contributed by atoms with van der Waals surface area (Å²) in [6.07, 6.45) is 1.12. The van der Waals surface area contributed by atoms with Gasteiger partial charge >= 0.3 is 15.6 Å². The molecule has 0 saturated carbocycles. The zero-order chi connectivity index (χ0) is 23.6. The first-order valence-electron chi connectivity index (χ1n) is 9.33. The lowest BCUT2D eigenvalue weighted by Gasteiger charge is -2.33. The first-order chi connectivity index (χ1) is 14.2. The van der Waals surface area contributed by atoms with Gasteiger partial charge in [0.1, 0.15) is 17.0 Å². The van der Waals surface area contributed by atoms with E-state index in [0.29, 0.717) is 23.8 Å². The summed E-state index contributed by atoms with van der Waals surface area (Å²) in [5, 5.41) is 10.4. The molecule has 6 N–H and O–H groups in total. The summed E-state index contributed by atoms with van der Waals surface area (Å²) in [7, 11) is -10.1. The fourth-order valence-corrected chi connectivity index (χ4v) is 6.09. The largest absolute Gasteiger partial charge is 0.481 e. The number of phosphoric acid groups is 2. The molecule has 1 aromatic heterocycles. The number of hydrogen-bond donors (Lipinski definition) is 5. The molecule has 1 aliphatic heterocycles. The van der Waals surface area contributed by atoms with Gasteiger partial charge in [-0.2, -0.15) is 4.31 Å². The lowest BCUT2D eigenvalue weighted by atomic mass is 10.1. The van der Waals surface area contributed by atoms with E-state index in [-0.39, 0.29) is 24.3 Å². The molecule has 2 rings (SSSR count). The fraction of sp³-hybridized carbons (Fsp3) is 0.625. The maximum atomic E-state index is 11.6. The zero-order valence-electron chi connectivity index (χ0n) is 17.6. The Bertz CT molecular complexity index is 925. The number of anilines is 1. The smallest absolute Gasteiger partial charge is 0.390 e. The highest BCUT2D eigenvalue weighted by Crippen LogP contribution is 2.57. The van der Waals surface area contributed by atoms with Crippen molar-refractivity contribution in [2.45, 2.75) is 52.1 Å². The van der Waals surface area contributed by atoms with Gasteiger partial charge in [0.15, 0.2) is 0 Å². The Labute approximate surface area is 184 Å². The van der Waals surface area contributed by atoms with Crippen LogP contribution >= 0.6 is 27.4 Å². The number of aliphatic hydroxyl groups is 1. The summed E-state index contributed by atoms with van der Waals surface area (Å²) in [6.45, 7) is 7.39. The summed E-state index contributed by atoms with van der Waals surface area (Å²) in [6, 6.07) is 0. The van der Waals surface area contributed by atoms with E-state index in [1.165, 1.54) is 11.8 Å². The fourth-order valence-electron chi connectivity index (χ4n) is 2.91. The molecule has 15 heteroatoms. The minimum atomic E-state index is -5.18. The molecule has 0 aromatic carbocycles. The Balaban J connectivity index is 2.17. The van der Waals surface area contributed by atoms with Gasteiger partial charge in [0.2, 0.25) is 0 Å². The van der Waals surface area contributed by atoms with Crippen LogP contribution in [0, 0.1) is 12.8 Å². The third kappa shape index (κ3) is 7.52. The number of aliphatic hydroxyl groups excluding tert-OH is 1. The Morgan fingerprint density at radius 2 is 1.94 bits per heavy atom. The van der Waals surface area contributed by atoms with Crippen molar-refractivity contribution in [2.24, 2.45) is 5.92 Å². The normalized spacial score (nSPS) is 20.4. The van der Waals surface area contributed by atoms with Gasteiger partial charge in [-0.1, -0.05) is 13.8 Å². The van der Waals surface area contributed by atoms with E-state index in [4.69, 9.17) is 15.5 Å². The Morgan fingerprint density at radius 3 is 2.48 bits per heavy atom. The molecule has 0 amide bonds. The van der Waals surface area contributed by atoms with E-state index < -0.39 is 21.7 Å². The average molecular weight is 498 g/mol. The van der Waals surface area contributed by atoms with Crippen molar-refractivity contribution in [1.29, 1.82) is 0 Å². The number of thioether (sulfide) groups is 1. The maximum Gasteiger partial charge on any atom is 0.481 e. The number of allylic oxidation sites excluding steroid dienone is 1. The standard InChI is InChI=1S/C16H28N4O8P2S/c1-9(2)14(21)16-20(8-12-7-18-11(4)19-15(12)17)10(3)13(31-16)5-6-27-30(25,26)28-29(22,23)24/h7,9,14,16,21H,5-6,8H2,1-4H3,(H,25,26)(H2,17,18,19)(H2,22,23,24). The molecule has 2 heterocycles. The van der Waals surface area contributed by atoms with Crippen molar-refractivity contribution in [1.82, 2.24) is 14.9 Å². The van der Waals surface area contributed by atoms with Crippen LogP contribution in [0.2, 0.25) is 0 Å². The number of nitrogens with zero attached hydrogens (tertiary/aromatic N) is 3. The van der Waals surface area contributed by atoms with Gasteiger partial charge in [0.05, 0.1) is 12.7 Å². The molecular formula is C16H28N4O8P2S. The lowest BCUT2D eigenvalue weighted by Crippen LogP contribution is -2.39. The first-order valence-corrected chi connectivity index (χ1v) is 13.2. The molecule has 0 fully saturated rings. The Hall–Kier alpha value is -1.01. The first kappa shape index (κ1) is 26.2. The zero-order valence-corrected chi connectivity index (χ0v) is 20.2. The van der Waals surface area contributed by atoms with E-state index >= 15 is 0 Å². The maximum absolute atomic E-state index is 11.6. The monoisotopic (exact) mass is 498 g/mol. The number of phosphoric ester groups is 1. The topological polar surface area (TPSA) is 189 Å². The molecule has 3 unspecified atom stereocenters. The number of aryl methyl sites for hydroxylation is 1. The van der Waals surface area contributed by atoms with Crippen LogP contribution in [-0.2, 0) is 24.5 Å². The Kier molecular flexibility index (Phi) is 8.71. The summed E-state index contributed by atoms with van der Waals surface area (Å²) in [4.78, 5) is 37.9. The second-order valence-electron chi connectivity index (χ2n) is 7.33. The van der Waals surface area contributed by atoms with Crippen molar-refractivity contribution in [3.63, 3.8) is 0 Å². The van der Waals surface area contributed by atoms with Crippen molar-refractivity contribution in [3.8, 4) is 0 Å². The summed E-state index contributed by atoms with van der Waals surface area (Å²) < 4.78 is 30.8. The van der Waals surface area contributed by atoms with Crippen LogP contribution in [0.25, 0.3) is 0 Å². The molecule has 0 radical (unpaired) electrons. The van der Waals surface area contributed by atoms with Gasteiger partial charge in [0, 0.05) is 35.3 Å². The van der Waals surface area contributed by atoms with Gasteiger partial charge in [0.25, 0.3) is 0 Å². The quantitative estimate of drug-likeness (QED) is 0.295. The van der Waals surface area contributed by atoms with E-state index in [1.807, 2.05) is 25.7 Å². The molecule has 0 bridgehead atoms. The van der Waals surface area contributed by atoms with Crippen LogP contribution in [-0.4, -0.2) is 52.7 Å². The number of rotatable bonds is 10. The van der Waals surface area contributed by atoms with E-state index in [2.05, 4.69) is 18.8 Å². The molecule has 3 atom stereocenters. The predicted molar refractivity (Wildman–Crippen MR) is 115 cm³/mol. The number of aromatic nitrogens is 2. The molecule has 1 aliphatic rings. The number of nitrogens with two attached hydrogens (primary N) is 1. The predicted octanol–water partition coefficient (Wildman–Crippen LogP) is 2.11. The van der Waals surface area contributed by atoms with Gasteiger partial charge in [-0.3, -0.25) is 4.52 Å². The third-order valence-electron chi connectivity index (χ3n) is 4.53. The molecule has 0 spiro atoms. The van der Waals surface area contributed by atoms with Crippen LogP contribution < -0.4 is 5.73 Å². The van der Waals surface area contributed by atoms with Crippen molar-refractivity contribution < 1.29 is 37.8 Å². The van der Waals surface area contributed by atoms with Crippen molar-refractivity contribution in [3.05, 3.63) is 28.2 Å². The second-order valence-corrected chi connectivity index (χ2v) is 11.4. The summed E-state index contributed by atoms with van der Waals surface area (Å²) in [5.74, 6) is 0.854. The van der Waals surface area contributed by atoms with Gasteiger partial charge in [-0.05, 0) is 19.8 Å². The molecule has 12 nitrogen and oxygen atoms in total. The summed E-state index contributed by atoms with van der Waals surface area (Å²) >= 11 is 1.38. The molecule has 0 saturated heterocycles. The highest BCUT2D eigenvalue weighted by molar-refractivity contribution is 8.03. The van der Waals surface area contributed by atoms with Crippen LogP contribution in [0.5, 0.6) is 0 Å². The minimum absolute atomic E-state index is 0.0377. The van der Waals surface area contributed by atoms with Gasteiger partial charge < -0.3 is 30.4 Å². The number of hydrogen-bond acceptors (Lipinski definition) is 10. The van der Waals surface area contributed by atoms with Crippen LogP contribution in [0.15, 0.2) is 16.8 Å². The lowest BCUT2D eigenvalue weighted by molar-refractivity contribution is 0.0732. The molecular weight excluding hydrogens is 470 g/mol. The minimum Gasteiger partial charge on any atom is -0.390 e. The van der Waals surface area contributed by atoms with Gasteiger partial charge in [-0.15, -0.1) is 11.8 Å². The van der Waals surface area contributed by atoms with E-state index in [9.17, 15) is 19.1 Å². The average Bonchev–Trinajstić information content (AvgIpc) is 2.90. The third-order valence-corrected chi connectivity index (χ3v) is 8.28. The van der Waals surface area contributed by atoms with Crippen molar-refractivity contribution in [2.75, 3.05) is 12.3 Å². The van der Waals surface area contributed by atoms with Crippen LogP contribution in [0.1, 0.15) is 38.6 Å². The SMILES string of the molecule is CC1=C(CCOP(=O)(O)OP(=O)(O)O)SC(C(O)C(C)C)N1Cc1cnc(C)nc1N. The van der Waals surface area contributed by atoms with Crippen molar-refractivity contribution >= 4 is 33.2 Å². The highest BCUT2D eigenvalue weighted by atomic mass is 32.2. The number of nitrogen functional groups attached to an aromatic ring is 1. The molecule has 1 aromatic rings. The van der Waals surface area contributed by atoms with Crippen LogP contribution in [0.3, 0.4) is 0 Å². The van der Waals surface area contributed by atoms with E-state index in [0.717, 1.165) is 10.6 Å². The molecule has 0 aliphatic carbocycles. The van der Waals surface area contributed by atoms with Gasteiger partial charge in [-0.25, -0.2) is 19.1 Å².